The van der Waals surface area contributed by atoms with Gasteiger partial charge >= 0.3 is 0 Å². The van der Waals surface area contributed by atoms with Crippen LogP contribution in [0, 0.1) is 11.3 Å². The van der Waals surface area contributed by atoms with Crippen LogP contribution < -0.4 is 5.32 Å². The molecule has 90 valence electrons. The molecule has 0 spiro atoms. The lowest BCUT2D eigenvalue weighted by Gasteiger charge is -2.20. The zero-order valence-corrected chi connectivity index (χ0v) is 10.4. The molecule has 1 aromatic rings. The third kappa shape index (κ3) is 4.25. The maximum atomic E-state index is 11.7. The van der Waals surface area contributed by atoms with Gasteiger partial charge in [-0.3, -0.25) is 9.69 Å². The number of hydrogen-bond donors (Lipinski definition) is 1. The van der Waals surface area contributed by atoms with Gasteiger partial charge in [-0.05, 0) is 39.1 Å². The molecule has 4 nitrogen and oxygen atoms in total. The molecule has 0 fully saturated rings. The Labute approximate surface area is 102 Å². The number of anilines is 1. The van der Waals surface area contributed by atoms with E-state index in [4.69, 9.17) is 5.26 Å². The van der Waals surface area contributed by atoms with Gasteiger partial charge in [-0.15, -0.1) is 0 Å². The summed E-state index contributed by atoms with van der Waals surface area (Å²) in [5.41, 5.74) is 1.20. The van der Waals surface area contributed by atoms with Gasteiger partial charge in [0, 0.05) is 11.7 Å². The molecule has 0 bridgehead atoms. The molecule has 4 heteroatoms. The van der Waals surface area contributed by atoms with Crippen LogP contribution in [0.15, 0.2) is 24.3 Å². The van der Waals surface area contributed by atoms with E-state index in [1.54, 1.807) is 24.3 Å². The Morgan fingerprint density at radius 3 is 2.82 bits per heavy atom. The Kier molecular flexibility index (Phi) is 4.68. The number of carbonyl (C=O) groups excluding carboxylic acids is 1. The van der Waals surface area contributed by atoms with E-state index >= 15 is 0 Å². The first kappa shape index (κ1) is 13.2. The second-order valence-corrected chi connectivity index (χ2v) is 4.25. The third-order valence-corrected chi connectivity index (χ3v) is 2.55. The summed E-state index contributed by atoms with van der Waals surface area (Å²) in [6.07, 6.45) is 0. The molecule has 0 aliphatic heterocycles. The van der Waals surface area contributed by atoms with E-state index < -0.39 is 0 Å². The van der Waals surface area contributed by atoms with Gasteiger partial charge in [0.1, 0.15) is 0 Å². The molecule has 0 atom stereocenters. The Bertz CT molecular complexity index is 435. The molecule has 1 N–H and O–H groups in total. The minimum Gasteiger partial charge on any atom is -0.325 e. The molecule has 0 unspecified atom stereocenters. The molecule has 0 heterocycles. The van der Waals surface area contributed by atoms with Gasteiger partial charge in [0.25, 0.3) is 0 Å². The Morgan fingerprint density at radius 1 is 1.53 bits per heavy atom. The van der Waals surface area contributed by atoms with E-state index in [-0.39, 0.29) is 5.91 Å². The second-order valence-electron chi connectivity index (χ2n) is 4.25. The molecule has 1 aromatic carbocycles. The molecule has 0 saturated carbocycles. The molecule has 0 saturated heterocycles. The third-order valence-electron chi connectivity index (χ3n) is 2.55. The predicted octanol–water partition coefficient (Wildman–Crippen LogP) is 1.84. The molecule has 17 heavy (non-hydrogen) atoms. The van der Waals surface area contributed by atoms with Gasteiger partial charge in [-0.25, -0.2) is 0 Å². The Balaban J connectivity index is 2.59. The van der Waals surface area contributed by atoms with E-state index in [1.165, 1.54) is 0 Å². The van der Waals surface area contributed by atoms with Crippen molar-refractivity contribution >= 4 is 11.6 Å². The van der Waals surface area contributed by atoms with Crippen molar-refractivity contribution in [1.29, 1.82) is 5.26 Å². The zero-order valence-electron chi connectivity index (χ0n) is 10.4. The minimum atomic E-state index is -0.0729. The highest BCUT2D eigenvalue weighted by atomic mass is 16.2. The second kappa shape index (κ2) is 6.02. The number of benzene rings is 1. The Morgan fingerprint density at radius 2 is 2.24 bits per heavy atom. The average molecular weight is 231 g/mol. The number of rotatable bonds is 4. The van der Waals surface area contributed by atoms with E-state index in [0.717, 1.165) is 0 Å². The van der Waals surface area contributed by atoms with Gasteiger partial charge in [-0.1, -0.05) is 6.07 Å². The summed E-state index contributed by atoms with van der Waals surface area (Å²) < 4.78 is 0. The van der Waals surface area contributed by atoms with Crippen molar-refractivity contribution in [3.63, 3.8) is 0 Å². The van der Waals surface area contributed by atoms with Crippen molar-refractivity contribution in [2.75, 3.05) is 18.9 Å². The summed E-state index contributed by atoms with van der Waals surface area (Å²) in [6.45, 7) is 4.40. The number of amides is 1. The van der Waals surface area contributed by atoms with Gasteiger partial charge in [0.15, 0.2) is 0 Å². The monoisotopic (exact) mass is 231 g/mol. The summed E-state index contributed by atoms with van der Waals surface area (Å²) >= 11 is 0. The number of nitriles is 1. The minimum absolute atomic E-state index is 0.0729. The van der Waals surface area contributed by atoms with Gasteiger partial charge < -0.3 is 5.32 Å². The molecular formula is C13H17N3O. The smallest absolute Gasteiger partial charge is 0.238 e. The summed E-state index contributed by atoms with van der Waals surface area (Å²) in [7, 11) is 1.90. The normalized spacial score (nSPS) is 10.4. The van der Waals surface area contributed by atoms with Crippen molar-refractivity contribution in [3.05, 3.63) is 29.8 Å². The van der Waals surface area contributed by atoms with Gasteiger partial charge in [-0.2, -0.15) is 5.26 Å². The summed E-state index contributed by atoms with van der Waals surface area (Å²) in [5.74, 6) is -0.0729. The fraction of sp³-hybridized carbons (Fsp3) is 0.385. The fourth-order valence-electron chi connectivity index (χ4n) is 1.28. The standard InChI is InChI=1S/C13H17N3O/c1-10(2)16(3)9-13(17)15-12-6-4-5-11(7-12)8-14/h4-7,10H,9H2,1-3H3,(H,15,17). The maximum absolute atomic E-state index is 11.7. The number of nitrogens with one attached hydrogen (secondary N) is 1. The van der Waals surface area contributed by atoms with Gasteiger partial charge in [0.2, 0.25) is 5.91 Å². The van der Waals surface area contributed by atoms with Crippen molar-refractivity contribution in [2.24, 2.45) is 0 Å². The van der Waals surface area contributed by atoms with Crippen LogP contribution in [0.4, 0.5) is 5.69 Å². The van der Waals surface area contributed by atoms with Crippen LogP contribution in [0.3, 0.4) is 0 Å². The van der Waals surface area contributed by atoms with E-state index in [2.05, 4.69) is 5.32 Å². The average Bonchev–Trinajstić information content (AvgIpc) is 2.28. The number of likely N-dealkylation sites (N-methyl/N-ethyl adjacent to an activating group) is 1. The maximum Gasteiger partial charge on any atom is 0.238 e. The highest BCUT2D eigenvalue weighted by molar-refractivity contribution is 5.92. The van der Waals surface area contributed by atoms with Crippen molar-refractivity contribution < 1.29 is 4.79 Å². The molecule has 0 aliphatic carbocycles. The Hall–Kier alpha value is -1.86. The van der Waals surface area contributed by atoms with E-state index in [9.17, 15) is 4.79 Å². The number of hydrogen-bond acceptors (Lipinski definition) is 3. The quantitative estimate of drug-likeness (QED) is 0.860. The first-order chi connectivity index (χ1) is 8.02. The van der Waals surface area contributed by atoms with Crippen LogP contribution in [0.5, 0.6) is 0 Å². The topological polar surface area (TPSA) is 56.1 Å². The van der Waals surface area contributed by atoms with Crippen LogP contribution in [0.25, 0.3) is 0 Å². The lowest BCUT2D eigenvalue weighted by atomic mass is 10.2. The van der Waals surface area contributed by atoms with Crippen LogP contribution in [-0.4, -0.2) is 30.4 Å². The summed E-state index contributed by atoms with van der Waals surface area (Å²) in [5, 5.41) is 11.5. The van der Waals surface area contributed by atoms with Crippen molar-refractivity contribution in [3.8, 4) is 6.07 Å². The van der Waals surface area contributed by atoms with Crippen LogP contribution >= 0.6 is 0 Å². The lowest BCUT2D eigenvalue weighted by Crippen LogP contribution is -2.34. The highest BCUT2D eigenvalue weighted by Crippen LogP contribution is 2.09. The molecule has 0 aromatic heterocycles. The lowest BCUT2D eigenvalue weighted by molar-refractivity contribution is -0.117. The predicted molar refractivity (Wildman–Crippen MR) is 67.6 cm³/mol. The van der Waals surface area contributed by atoms with E-state index in [0.29, 0.717) is 23.8 Å². The first-order valence-electron chi connectivity index (χ1n) is 5.53. The van der Waals surface area contributed by atoms with Crippen molar-refractivity contribution in [2.45, 2.75) is 19.9 Å². The first-order valence-corrected chi connectivity index (χ1v) is 5.53. The molecular weight excluding hydrogens is 214 g/mol. The molecule has 0 aliphatic rings. The highest BCUT2D eigenvalue weighted by Gasteiger charge is 2.09. The van der Waals surface area contributed by atoms with Crippen LogP contribution in [-0.2, 0) is 4.79 Å². The van der Waals surface area contributed by atoms with Crippen molar-refractivity contribution in [1.82, 2.24) is 4.90 Å². The number of nitrogens with zero attached hydrogens (tertiary/aromatic N) is 2. The summed E-state index contributed by atoms with van der Waals surface area (Å²) in [6, 6.07) is 9.25. The van der Waals surface area contributed by atoms with Crippen LogP contribution in [0.1, 0.15) is 19.4 Å². The van der Waals surface area contributed by atoms with Gasteiger partial charge in [0.05, 0.1) is 18.2 Å². The van der Waals surface area contributed by atoms with E-state index in [1.807, 2.05) is 31.9 Å². The fourth-order valence-corrected chi connectivity index (χ4v) is 1.28. The molecule has 0 radical (unpaired) electrons. The summed E-state index contributed by atoms with van der Waals surface area (Å²) in [4.78, 5) is 13.6. The van der Waals surface area contributed by atoms with Crippen LogP contribution in [0.2, 0.25) is 0 Å². The molecule has 1 amide bonds. The zero-order chi connectivity index (χ0) is 12.8. The number of carbonyl (C=O) groups is 1. The largest absolute Gasteiger partial charge is 0.325 e. The SMILES string of the molecule is CC(C)N(C)CC(=O)Nc1cccc(C#N)c1. The molecule has 1 rings (SSSR count).